The quantitative estimate of drug-likeness (QED) is 0.616. The molecule has 1 aliphatic rings. The molecule has 0 saturated carbocycles. The minimum Gasteiger partial charge on any atom is -0.444 e. The van der Waals surface area contributed by atoms with E-state index in [4.69, 9.17) is 4.74 Å². The van der Waals surface area contributed by atoms with Gasteiger partial charge in [0.2, 0.25) is 6.29 Å². The summed E-state index contributed by atoms with van der Waals surface area (Å²) < 4.78 is 18.1. The fraction of sp³-hybridized carbons (Fsp3) is 0.500. The Labute approximate surface area is 153 Å². The van der Waals surface area contributed by atoms with Crippen molar-refractivity contribution in [2.75, 3.05) is 20.1 Å². The molecular formula is C18H26FN5O2. The second-order valence-electron chi connectivity index (χ2n) is 7.02. The van der Waals surface area contributed by atoms with Gasteiger partial charge in [0.1, 0.15) is 11.4 Å². The van der Waals surface area contributed by atoms with Crippen molar-refractivity contribution in [1.82, 2.24) is 15.1 Å². The smallest absolute Gasteiger partial charge is 0.407 e. The van der Waals surface area contributed by atoms with E-state index in [0.29, 0.717) is 18.8 Å². The SMILES string of the molecule is CN1C=CN(CCCNC(=O)OC(C)(C)C)C1N=Nc1ccc(F)cc1. The van der Waals surface area contributed by atoms with E-state index >= 15 is 0 Å². The zero-order chi connectivity index (χ0) is 19.2. The number of hydrogen-bond donors (Lipinski definition) is 1. The number of azo groups is 1. The Hall–Kier alpha value is -2.64. The summed E-state index contributed by atoms with van der Waals surface area (Å²) in [6.45, 7) is 6.69. The molecule has 0 spiro atoms. The fourth-order valence-corrected chi connectivity index (χ4v) is 2.31. The average Bonchev–Trinajstić information content (AvgIpc) is 2.89. The van der Waals surface area contributed by atoms with Gasteiger partial charge in [-0.1, -0.05) is 0 Å². The van der Waals surface area contributed by atoms with Gasteiger partial charge in [0.05, 0.1) is 5.69 Å². The highest BCUT2D eigenvalue weighted by Gasteiger charge is 2.23. The van der Waals surface area contributed by atoms with E-state index < -0.39 is 11.7 Å². The molecule has 0 saturated heterocycles. The van der Waals surface area contributed by atoms with Crippen molar-refractivity contribution in [3.8, 4) is 0 Å². The number of nitrogens with one attached hydrogen (secondary N) is 1. The maximum Gasteiger partial charge on any atom is 0.407 e. The van der Waals surface area contributed by atoms with E-state index in [1.165, 1.54) is 12.1 Å². The maximum atomic E-state index is 12.9. The number of carbonyl (C=O) groups is 1. The van der Waals surface area contributed by atoms with Crippen LogP contribution in [0.25, 0.3) is 0 Å². The molecule has 1 N–H and O–H groups in total. The minimum atomic E-state index is -0.504. The summed E-state index contributed by atoms with van der Waals surface area (Å²) in [4.78, 5) is 15.6. The molecule has 0 aromatic heterocycles. The number of nitrogens with zero attached hydrogens (tertiary/aromatic N) is 4. The lowest BCUT2D eigenvalue weighted by Gasteiger charge is -2.26. The summed E-state index contributed by atoms with van der Waals surface area (Å²) in [6, 6.07) is 5.86. The van der Waals surface area contributed by atoms with Crippen LogP contribution >= 0.6 is 0 Å². The van der Waals surface area contributed by atoms with E-state index in [1.54, 1.807) is 12.1 Å². The van der Waals surface area contributed by atoms with Crippen molar-refractivity contribution < 1.29 is 13.9 Å². The summed E-state index contributed by atoms with van der Waals surface area (Å²) in [5, 5.41) is 11.2. The molecular weight excluding hydrogens is 337 g/mol. The van der Waals surface area contributed by atoms with Gasteiger partial charge in [-0.15, -0.1) is 5.11 Å². The van der Waals surface area contributed by atoms with Crippen LogP contribution in [0.1, 0.15) is 27.2 Å². The summed E-state index contributed by atoms with van der Waals surface area (Å²) in [5.41, 5.74) is 0.0919. The van der Waals surface area contributed by atoms with Crippen molar-refractivity contribution in [1.29, 1.82) is 0 Å². The number of alkyl carbamates (subject to hydrolysis) is 1. The van der Waals surface area contributed by atoms with Crippen LogP contribution in [0.3, 0.4) is 0 Å². The fourth-order valence-electron chi connectivity index (χ4n) is 2.31. The van der Waals surface area contributed by atoms with Gasteiger partial charge >= 0.3 is 6.09 Å². The van der Waals surface area contributed by atoms with Gasteiger partial charge in [0.25, 0.3) is 0 Å². The summed E-state index contributed by atoms with van der Waals surface area (Å²) in [5.74, 6) is -0.303. The lowest BCUT2D eigenvalue weighted by Crippen LogP contribution is -2.37. The molecule has 2 rings (SSSR count). The van der Waals surface area contributed by atoms with Crippen molar-refractivity contribution >= 4 is 11.8 Å². The first-order chi connectivity index (χ1) is 12.2. The molecule has 1 aliphatic heterocycles. The lowest BCUT2D eigenvalue weighted by atomic mass is 10.2. The van der Waals surface area contributed by atoms with Crippen molar-refractivity contribution in [3.63, 3.8) is 0 Å². The molecule has 0 radical (unpaired) electrons. The van der Waals surface area contributed by atoms with Gasteiger partial charge in [0, 0.05) is 32.5 Å². The predicted octanol–water partition coefficient (Wildman–Crippen LogP) is 3.83. The number of carbonyl (C=O) groups excluding carboxylic acids is 1. The van der Waals surface area contributed by atoms with Gasteiger partial charge in [-0.2, -0.15) is 5.11 Å². The number of hydrogen-bond acceptors (Lipinski definition) is 6. The van der Waals surface area contributed by atoms with Gasteiger partial charge in [-0.3, -0.25) is 0 Å². The molecule has 1 atom stereocenters. The Morgan fingerprint density at radius 3 is 2.62 bits per heavy atom. The Balaban J connectivity index is 1.80. The van der Waals surface area contributed by atoms with Crippen molar-refractivity contribution in [2.24, 2.45) is 10.2 Å². The first kappa shape index (κ1) is 19.7. The van der Waals surface area contributed by atoms with E-state index in [-0.39, 0.29) is 12.1 Å². The van der Waals surface area contributed by atoms with E-state index in [2.05, 4.69) is 15.5 Å². The first-order valence-electron chi connectivity index (χ1n) is 8.54. The van der Waals surface area contributed by atoms with Crippen LogP contribution in [0.2, 0.25) is 0 Å². The number of halogens is 1. The second-order valence-corrected chi connectivity index (χ2v) is 7.02. The van der Waals surface area contributed by atoms with Crippen LogP contribution in [0.5, 0.6) is 0 Å². The largest absolute Gasteiger partial charge is 0.444 e. The first-order valence-corrected chi connectivity index (χ1v) is 8.54. The molecule has 0 bridgehead atoms. The van der Waals surface area contributed by atoms with E-state index in [1.807, 2.05) is 50.0 Å². The topological polar surface area (TPSA) is 69.5 Å². The highest BCUT2D eigenvalue weighted by Crippen LogP contribution is 2.19. The van der Waals surface area contributed by atoms with Crippen LogP contribution in [0.4, 0.5) is 14.9 Å². The van der Waals surface area contributed by atoms with Gasteiger partial charge < -0.3 is 19.9 Å². The summed E-state index contributed by atoms with van der Waals surface area (Å²) in [6.07, 6.45) is 3.90. The highest BCUT2D eigenvalue weighted by atomic mass is 19.1. The Kier molecular flexibility index (Phi) is 6.54. The maximum absolute atomic E-state index is 12.9. The molecule has 1 aromatic carbocycles. The zero-order valence-corrected chi connectivity index (χ0v) is 15.6. The Morgan fingerprint density at radius 1 is 1.27 bits per heavy atom. The second kappa shape index (κ2) is 8.64. The van der Waals surface area contributed by atoms with Crippen LogP contribution in [0, 0.1) is 5.82 Å². The monoisotopic (exact) mass is 363 g/mol. The van der Waals surface area contributed by atoms with Crippen molar-refractivity contribution in [3.05, 3.63) is 42.5 Å². The molecule has 0 aliphatic carbocycles. The summed E-state index contributed by atoms with van der Waals surface area (Å²) in [7, 11) is 1.91. The standard InChI is InChI=1S/C18H26FN5O2/c1-18(2,3)26-17(25)20-10-5-11-24-13-12-23(4)16(24)22-21-15-8-6-14(19)7-9-15/h6-9,12-13,16H,5,10-11H2,1-4H3,(H,20,25). The molecule has 1 aromatic rings. The van der Waals surface area contributed by atoms with Gasteiger partial charge in [0.15, 0.2) is 0 Å². The molecule has 142 valence electrons. The zero-order valence-electron chi connectivity index (χ0n) is 15.6. The molecule has 26 heavy (non-hydrogen) atoms. The minimum absolute atomic E-state index is 0.262. The molecule has 7 nitrogen and oxygen atoms in total. The van der Waals surface area contributed by atoms with Crippen LogP contribution < -0.4 is 5.32 Å². The third-order valence-electron chi connectivity index (χ3n) is 3.52. The van der Waals surface area contributed by atoms with E-state index in [0.717, 1.165) is 6.42 Å². The normalized spacial score (nSPS) is 17.2. The molecule has 1 amide bonds. The predicted molar refractivity (Wildman–Crippen MR) is 97.2 cm³/mol. The third kappa shape index (κ3) is 6.34. The molecule has 1 heterocycles. The molecule has 0 fully saturated rings. The summed E-state index contributed by atoms with van der Waals surface area (Å²) >= 11 is 0. The number of rotatable bonds is 6. The van der Waals surface area contributed by atoms with Gasteiger partial charge in [-0.25, -0.2) is 9.18 Å². The van der Waals surface area contributed by atoms with Crippen LogP contribution in [0.15, 0.2) is 46.9 Å². The Bertz CT molecular complexity index is 655. The number of ether oxygens (including phenoxy) is 1. The highest BCUT2D eigenvalue weighted by molar-refractivity contribution is 5.67. The van der Waals surface area contributed by atoms with Crippen LogP contribution in [-0.2, 0) is 4.74 Å². The van der Waals surface area contributed by atoms with Crippen molar-refractivity contribution in [2.45, 2.75) is 39.1 Å². The average molecular weight is 363 g/mol. The van der Waals surface area contributed by atoms with E-state index in [9.17, 15) is 9.18 Å². The number of benzene rings is 1. The number of amides is 1. The molecule has 8 heteroatoms. The third-order valence-corrected chi connectivity index (χ3v) is 3.52. The lowest BCUT2D eigenvalue weighted by molar-refractivity contribution is 0.0525. The van der Waals surface area contributed by atoms with Crippen LogP contribution in [-0.4, -0.2) is 47.9 Å². The van der Waals surface area contributed by atoms with Gasteiger partial charge in [-0.05, 0) is 51.5 Å². The molecule has 1 unspecified atom stereocenters. The Morgan fingerprint density at radius 2 is 1.96 bits per heavy atom.